The Bertz CT molecular complexity index is 1020. The molecule has 0 radical (unpaired) electrons. The Morgan fingerprint density at radius 2 is 2.03 bits per heavy atom. The largest absolute Gasteiger partial charge is 0.336 e. The predicted octanol–water partition coefficient (Wildman–Crippen LogP) is 3.66. The van der Waals surface area contributed by atoms with Gasteiger partial charge in [-0.3, -0.25) is 9.59 Å². The molecule has 2 unspecified atom stereocenters. The number of nitrogens with one attached hydrogen (secondary N) is 2. The van der Waals surface area contributed by atoms with Crippen molar-refractivity contribution in [1.29, 1.82) is 0 Å². The molecule has 2 atom stereocenters. The monoisotopic (exact) mass is 464 g/mol. The molecule has 2 N–H and O–H groups in total. The SMILES string of the molecule is CC1CNC2(CCCC2)C(=O)N1CCSc1ccc2c(c1)CC(C(=O)Nc1ccccn1)C2. The van der Waals surface area contributed by atoms with Crippen LogP contribution in [0.3, 0.4) is 0 Å². The molecular weight excluding hydrogens is 432 g/mol. The Morgan fingerprint density at radius 3 is 2.82 bits per heavy atom. The van der Waals surface area contributed by atoms with E-state index >= 15 is 0 Å². The van der Waals surface area contributed by atoms with Crippen molar-refractivity contribution in [3.63, 3.8) is 0 Å². The Hall–Kier alpha value is -2.38. The number of carbonyl (C=O) groups is 2. The summed E-state index contributed by atoms with van der Waals surface area (Å²) in [5.41, 5.74) is 2.22. The average Bonchev–Trinajstić information content (AvgIpc) is 3.47. The molecule has 2 amide bonds. The second-order valence-corrected chi connectivity index (χ2v) is 10.8. The zero-order chi connectivity index (χ0) is 22.8. The molecule has 174 valence electrons. The van der Waals surface area contributed by atoms with E-state index < -0.39 is 0 Å². The van der Waals surface area contributed by atoms with Gasteiger partial charge >= 0.3 is 0 Å². The molecule has 1 spiro atoms. The Balaban J connectivity index is 1.16. The summed E-state index contributed by atoms with van der Waals surface area (Å²) in [5, 5.41) is 6.49. The summed E-state index contributed by atoms with van der Waals surface area (Å²) >= 11 is 1.80. The smallest absolute Gasteiger partial charge is 0.243 e. The highest BCUT2D eigenvalue weighted by Crippen LogP contribution is 2.35. The molecule has 1 saturated heterocycles. The van der Waals surface area contributed by atoms with Gasteiger partial charge in [0, 0.05) is 41.9 Å². The van der Waals surface area contributed by atoms with Crippen molar-refractivity contribution in [2.24, 2.45) is 5.92 Å². The third kappa shape index (κ3) is 4.66. The topological polar surface area (TPSA) is 74.3 Å². The maximum atomic E-state index is 13.2. The highest BCUT2D eigenvalue weighted by molar-refractivity contribution is 7.99. The van der Waals surface area contributed by atoms with Gasteiger partial charge in [0.2, 0.25) is 11.8 Å². The van der Waals surface area contributed by atoms with Crippen molar-refractivity contribution in [2.75, 3.05) is 24.2 Å². The third-order valence-corrected chi connectivity index (χ3v) is 8.37. The lowest BCUT2D eigenvalue weighted by Crippen LogP contribution is -2.66. The highest BCUT2D eigenvalue weighted by Gasteiger charge is 2.47. The molecule has 1 aliphatic heterocycles. The van der Waals surface area contributed by atoms with E-state index in [4.69, 9.17) is 0 Å². The minimum atomic E-state index is -0.296. The lowest BCUT2D eigenvalue weighted by Gasteiger charge is -2.44. The minimum absolute atomic E-state index is 0.0335. The molecule has 6 nitrogen and oxygen atoms in total. The van der Waals surface area contributed by atoms with E-state index in [-0.39, 0.29) is 23.4 Å². The number of anilines is 1. The number of pyridine rings is 1. The van der Waals surface area contributed by atoms with Crippen molar-refractivity contribution in [3.8, 4) is 0 Å². The summed E-state index contributed by atoms with van der Waals surface area (Å²) in [6.45, 7) is 3.81. The fourth-order valence-corrected chi connectivity index (χ4v) is 6.41. The number of carbonyl (C=O) groups excluding carboxylic acids is 2. The van der Waals surface area contributed by atoms with Crippen LogP contribution >= 0.6 is 11.8 Å². The molecule has 5 rings (SSSR count). The van der Waals surface area contributed by atoms with Gasteiger partial charge in [0.1, 0.15) is 5.82 Å². The lowest BCUT2D eigenvalue weighted by atomic mass is 9.91. The van der Waals surface area contributed by atoms with Gasteiger partial charge in [-0.05, 0) is 68.0 Å². The van der Waals surface area contributed by atoms with Crippen molar-refractivity contribution in [1.82, 2.24) is 15.2 Å². The molecular formula is C26H32N4O2S. The standard InChI is InChI=1S/C26H32N4O2S/c1-18-17-28-26(9-3-4-10-26)25(32)30(18)12-13-33-22-8-7-19-14-21(15-20(19)16-22)24(31)29-23-6-2-5-11-27-23/h2,5-8,11,16,18,21,28H,3-4,9-10,12-15,17H2,1H3,(H,27,29,31). The van der Waals surface area contributed by atoms with E-state index in [9.17, 15) is 9.59 Å². The first-order valence-electron chi connectivity index (χ1n) is 12.1. The predicted molar refractivity (Wildman–Crippen MR) is 131 cm³/mol. The van der Waals surface area contributed by atoms with Crippen molar-refractivity contribution in [2.45, 2.75) is 61.9 Å². The number of benzene rings is 1. The van der Waals surface area contributed by atoms with Crippen LogP contribution in [-0.4, -0.2) is 52.1 Å². The van der Waals surface area contributed by atoms with E-state index in [0.29, 0.717) is 11.7 Å². The van der Waals surface area contributed by atoms with Crippen LogP contribution in [0.4, 0.5) is 5.82 Å². The molecule has 3 aliphatic rings. The number of nitrogens with zero attached hydrogens (tertiary/aromatic N) is 2. The summed E-state index contributed by atoms with van der Waals surface area (Å²) in [7, 11) is 0. The number of piperazine rings is 1. The molecule has 0 bridgehead atoms. The fourth-order valence-electron chi connectivity index (χ4n) is 5.49. The zero-order valence-corrected chi connectivity index (χ0v) is 20.0. The minimum Gasteiger partial charge on any atom is -0.336 e. The number of amides is 2. The Labute approximate surface area is 199 Å². The van der Waals surface area contributed by atoms with Gasteiger partial charge in [-0.25, -0.2) is 4.98 Å². The Morgan fingerprint density at radius 1 is 1.21 bits per heavy atom. The normalized spacial score (nSPS) is 23.7. The van der Waals surface area contributed by atoms with Gasteiger partial charge in [-0.1, -0.05) is 25.0 Å². The van der Waals surface area contributed by atoms with Crippen LogP contribution in [0.15, 0.2) is 47.5 Å². The fraction of sp³-hybridized carbons (Fsp3) is 0.500. The zero-order valence-electron chi connectivity index (χ0n) is 19.2. The van der Waals surface area contributed by atoms with Gasteiger partial charge in [0.05, 0.1) is 5.54 Å². The second kappa shape index (κ2) is 9.47. The second-order valence-electron chi connectivity index (χ2n) is 9.61. The average molecular weight is 465 g/mol. The van der Waals surface area contributed by atoms with E-state index in [1.807, 2.05) is 18.2 Å². The van der Waals surface area contributed by atoms with Gasteiger partial charge in [-0.2, -0.15) is 0 Å². The van der Waals surface area contributed by atoms with Crippen LogP contribution < -0.4 is 10.6 Å². The number of thioether (sulfide) groups is 1. The number of hydrogen-bond donors (Lipinski definition) is 2. The molecule has 2 heterocycles. The van der Waals surface area contributed by atoms with Crippen LogP contribution in [0.2, 0.25) is 0 Å². The van der Waals surface area contributed by atoms with Crippen molar-refractivity contribution >= 4 is 29.4 Å². The number of hydrogen-bond acceptors (Lipinski definition) is 5. The highest BCUT2D eigenvalue weighted by atomic mass is 32.2. The first-order chi connectivity index (χ1) is 16.0. The summed E-state index contributed by atoms with van der Waals surface area (Å²) in [6, 6.07) is 12.3. The lowest BCUT2D eigenvalue weighted by molar-refractivity contribution is -0.143. The van der Waals surface area contributed by atoms with Crippen LogP contribution in [0, 0.1) is 5.92 Å². The maximum Gasteiger partial charge on any atom is 0.243 e. The summed E-state index contributed by atoms with van der Waals surface area (Å²) in [5.74, 6) is 1.77. The van der Waals surface area contributed by atoms with E-state index in [1.54, 1.807) is 18.0 Å². The van der Waals surface area contributed by atoms with Gasteiger partial charge < -0.3 is 15.5 Å². The summed E-state index contributed by atoms with van der Waals surface area (Å²) in [4.78, 5) is 33.4. The number of fused-ring (bicyclic) bond motifs is 1. The molecule has 1 saturated carbocycles. The van der Waals surface area contributed by atoms with Crippen LogP contribution in [0.1, 0.15) is 43.7 Å². The summed E-state index contributed by atoms with van der Waals surface area (Å²) in [6.07, 6.45) is 7.46. The molecule has 1 aromatic heterocycles. The van der Waals surface area contributed by atoms with Gasteiger partial charge in [0.25, 0.3) is 0 Å². The first kappa shape index (κ1) is 22.4. The molecule has 2 fully saturated rings. The van der Waals surface area contributed by atoms with E-state index in [2.05, 4.69) is 45.6 Å². The van der Waals surface area contributed by atoms with Crippen LogP contribution in [0.25, 0.3) is 0 Å². The quantitative estimate of drug-likeness (QED) is 0.639. The summed E-state index contributed by atoms with van der Waals surface area (Å²) < 4.78 is 0. The Kier molecular flexibility index (Phi) is 6.43. The van der Waals surface area contributed by atoms with Gasteiger partial charge in [-0.15, -0.1) is 11.8 Å². The van der Waals surface area contributed by atoms with Crippen LogP contribution in [-0.2, 0) is 22.4 Å². The maximum absolute atomic E-state index is 13.2. The molecule has 33 heavy (non-hydrogen) atoms. The third-order valence-electron chi connectivity index (χ3n) is 7.39. The van der Waals surface area contributed by atoms with E-state index in [1.165, 1.54) is 16.0 Å². The van der Waals surface area contributed by atoms with Gasteiger partial charge in [0.15, 0.2) is 0 Å². The van der Waals surface area contributed by atoms with Crippen molar-refractivity contribution in [3.05, 3.63) is 53.7 Å². The number of rotatable bonds is 6. The van der Waals surface area contributed by atoms with Crippen molar-refractivity contribution < 1.29 is 9.59 Å². The van der Waals surface area contributed by atoms with Crippen LogP contribution in [0.5, 0.6) is 0 Å². The molecule has 7 heteroatoms. The molecule has 2 aromatic rings. The molecule has 2 aliphatic carbocycles. The van der Waals surface area contributed by atoms with E-state index in [0.717, 1.165) is 57.4 Å². The first-order valence-corrected chi connectivity index (χ1v) is 13.1. The molecule has 1 aromatic carbocycles. The number of aromatic nitrogens is 1.